The first-order valence-electron chi connectivity index (χ1n) is 6.07. The van der Waals surface area contributed by atoms with Gasteiger partial charge in [0.05, 0.1) is 17.5 Å². The number of hydrogen-bond donors (Lipinski definition) is 0. The molecule has 19 heavy (non-hydrogen) atoms. The van der Waals surface area contributed by atoms with Crippen molar-refractivity contribution in [2.75, 3.05) is 37.6 Å². The fraction of sp³-hybridized carbons (Fsp3) is 0.500. The molecule has 100 valence electrons. The van der Waals surface area contributed by atoms with Crippen LogP contribution in [-0.2, 0) is 0 Å². The third-order valence-electron chi connectivity index (χ3n) is 3.21. The molecule has 7 heteroatoms. The summed E-state index contributed by atoms with van der Waals surface area (Å²) in [6.45, 7) is 5.47. The van der Waals surface area contributed by atoms with Gasteiger partial charge in [-0.3, -0.25) is 15.0 Å². The van der Waals surface area contributed by atoms with Crippen molar-refractivity contribution in [1.29, 1.82) is 5.26 Å². The number of rotatable bonds is 3. The van der Waals surface area contributed by atoms with Crippen LogP contribution in [0.3, 0.4) is 0 Å². The van der Waals surface area contributed by atoms with E-state index in [1.807, 2.05) is 6.92 Å². The van der Waals surface area contributed by atoms with Gasteiger partial charge in [-0.15, -0.1) is 0 Å². The Kier molecular flexibility index (Phi) is 3.92. The molecule has 0 saturated carbocycles. The van der Waals surface area contributed by atoms with Gasteiger partial charge in [0.25, 0.3) is 5.69 Å². The highest BCUT2D eigenvalue weighted by Crippen LogP contribution is 2.22. The largest absolute Gasteiger partial charge is 0.354 e. The van der Waals surface area contributed by atoms with Gasteiger partial charge in [0.1, 0.15) is 12.0 Å². The summed E-state index contributed by atoms with van der Waals surface area (Å²) in [6, 6.07) is 3.69. The maximum Gasteiger partial charge on any atom is 0.287 e. The molecule has 1 aliphatic rings. The highest BCUT2D eigenvalue weighted by molar-refractivity contribution is 5.50. The van der Waals surface area contributed by atoms with E-state index >= 15 is 0 Å². The van der Waals surface area contributed by atoms with Crippen LogP contribution in [0, 0.1) is 28.4 Å². The zero-order chi connectivity index (χ0) is 13.8. The van der Waals surface area contributed by atoms with Crippen molar-refractivity contribution in [3.63, 3.8) is 0 Å². The minimum absolute atomic E-state index is 0.0179. The lowest BCUT2D eigenvalue weighted by atomic mass is 10.2. The van der Waals surface area contributed by atoms with E-state index in [0.29, 0.717) is 6.54 Å². The molecule has 2 heterocycles. The molecule has 0 unspecified atom stereocenters. The van der Waals surface area contributed by atoms with E-state index < -0.39 is 4.92 Å². The van der Waals surface area contributed by atoms with Crippen molar-refractivity contribution >= 4 is 11.5 Å². The molecule has 1 aliphatic heterocycles. The van der Waals surface area contributed by atoms with Gasteiger partial charge in [-0.1, -0.05) is 0 Å². The topological polar surface area (TPSA) is 86.3 Å². The van der Waals surface area contributed by atoms with Crippen molar-refractivity contribution in [2.45, 2.75) is 6.92 Å². The molecule has 1 saturated heterocycles. The molecule has 0 amide bonds. The fourth-order valence-electron chi connectivity index (χ4n) is 2.20. The van der Waals surface area contributed by atoms with Crippen LogP contribution in [0.25, 0.3) is 0 Å². The quantitative estimate of drug-likeness (QED) is 0.457. The molecule has 1 aromatic heterocycles. The normalized spacial score (nSPS) is 16.1. The van der Waals surface area contributed by atoms with Crippen LogP contribution in [0.5, 0.6) is 0 Å². The van der Waals surface area contributed by atoms with Crippen molar-refractivity contribution in [1.82, 2.24) is 9.88 Å². The molecular formula is C12H15N5O2. The predicted molar refractivity (Wildman–Crippen MR) is 69.9 cm³/mol. The Labute approximate surface area is 111 Å². The van der Waals surface area contributed by atoms with Gasteiger partial charge in [0, 0.05) is 32.2 Å². The average molecular weight is 261 g/mol. The lowest BCUT2D eigenvalue weighted by molar-refractivity contribution is -0.385. The Balaban J connectivity index is 2.08. The third kappa shape index (κ3) is 2.98. The minimum Gasteiger partial charge on any atom is -0.354 e. The number of aromatic nitrogens is 1. The van der Waals surface area contributed by atoms with Gasteiger partial charge in [0.15, 0.2) is 0 Å². The number of hydrogen-bond acceptors (Lipinski definition) is 6. The predicted octanol–water partition coefficient (Wildman–Crippen LogP) is 0.944. The zero-order valence-corrected chi connectivity index (χ0v) is 10.7. The van der Waals surface area contributed by atoms with Crippen molar-refractivity contribution in [2.24, 2.45) is 0 Å². The van der Waals surface area contributed by atoms with E-state index in [2.05, 4.69) is 20.9 Å². The highest BCUT2D eigenvalue weighted by atomic mass is 16.6. The molecule has 1 aromatic rings. The lowest BCUT2D eigenvalue weighted by Gasteiger charge is -2.34. The number of nitriles is 1. The van der Waals surface area contributed by atoms with Crippen LogP contribution in [0.2, 0.25) is 0 Å². The summed E-state index contributed by atoms with van der Waals surface area (Å²) in [6.07, 6.45) is 1.30. The van der Waals surface area contributed by atoms with Gasteiger partial charge >= 0.3 is 0 Å². The Hall–Kier alpha value is -2.20. The first-order chi connectivity index (χ1) is 9.11. The van der Waals surface area contributed by atoms with Crippen molar-refractivity contribution in [3.05, 3.63) is 27.9 Å². The lowest BCUT2D eigenvalue weighted by Crippen LogP contribution is -2.46. The summed E-state index contributed by atoms with van der Waals surface area (Å²) in [5.74, 6) is 0.794. The number of nitro groups is 1. The van der Waals surface area contributed by atoms with E-state index in [4.69, 9.17) is 5.26 Å². The Bertz CT molecular complexity index is 517. The molecular weight excluding hydrogens is 246 g/mol. The van der Waals surface area contributed by atoms with E-state index in [-0.39, 0.29) is 5.69 Å². The van der Waals surface area contributed by atoms with Crippen LogP contribution in [0.4, 0.5) is 11.5 Å². The first kappa shape index (κ1) is 13.2. The highest BCUT2D eigenvalue weighted by Gasteiger charge is 2.20. The summed E-state index contributed by atoms with van der Waals surface area (Å²) in [4.78, 5) is 18.6. The molecule has 1 fully saturated rings. The number of anilines is 1. The number of pyridine rings is 1. The minimum atomic E-state index is -0.436. The molecule has 0 aromatic carbocycles. The van der Waals surface area contributed by atoms with Crippen LogP contribution in [0.1, 0.15) is 5.56 Å². The summed E-state index contributed by atoms with van der Waals surface area (Å²) < 4.78 is 0. The van der Waals surface area contributed by atoms with Gasteiger partial charge in [-0.2, -0.15) is 5.26 Å². The first-order valence-corrected chi connectivity index (χ1v) is 6.07. The Morgan fingerprint density at radius 1 is 1.47 bits per heavy atom. The SMILES string of the molecule is Cc1cc([N+](=O)[O-])cnc1N1CCN(CC#N)CC1. The van der Waals surface area contributed by atoms with E-state index in [1.165, 1.54) is 6.20 Å². The van der Waals surface area contributed by atoms with E-state index in [0.717, 1.165) is 37.6 Å². The summed E-state index contributed by atoms with van der Waals surface area (Å²) in [5.41, 5.74) is 0.826. The third-order valence-corrected chi connectivity index (χ3v) is 3.21. The molecule has 0 spiro atoms. The second-order valence-corrected chi connectivity index (χ2v) is 4.51. The Morgan fingerprint density at radius 3 is 2.68 bits per heavy atom. The number of aryl methyl sites for hydroxylation is 1. The second-order valence-electron chi connectivity index (χ2n) is 4.51. The molecule has 0 N–H and O–H groups in total. The van der Waals surface area contributed by atoms with Gasteiger partial charge in [-0.05, 0) is 12.5 Å². The smallest absolute Gasteiger partial charge is 0.287 e. The Morgan fingerprint density at radius 2 is 2.16 bits per heavy atom. The summed E-state index contributed by atoms with van der Waals surface area (Å²) >= 11 is 0. The van der Waals surface area contributed by atoms with Crippen LogP contribution in [0.15, 0.2) is 12.3 Å². The summed E-state index contributed by atoms with van der Waals surface area (Å²) in [5, 5.41) is 19.3. The van der Waals surface area contributed by atoms with E-state index in [1.54, 1.807) is 6.07 Å². The fourth-order valence-corrected chi connectivity index (χ4v) is 2.20. The van der Waals surface area contributed by atoms with E-state index in [9.17, 15) is 10.1 Å². The van der Waals surface area contributed by atoms with Gasteiger partial charge < -0.3 is 4.90 Å². The standard InChI is InChI=1S/C12H15N5O2/c1-10-8-11(17(18)19)9-14-12(10)16-6-4-15(3-2-13)5-7-16/h8-9H,3-7H2,1H3. The van der Waals surface area contributed by atoms with Crippen LogP contribution >= 0.6 is 0 Å². The zero-order valence-electron chi connectivity index (χ0n) is 10.7. The molecule has 7 nitrogen and oxygen atoms in total. The molecule has 2 rings (SSSR count). The number of nitrogens with zero attached hydrogens (tertiary/aromatic N) is 5. The van der Waals surface area contributed by atoms with Crippen LogP contribution in [-0.4, -0.2) is 47.5 Å². The molecule has 0 radical (unpaired) electrons. The maximum absolute atomic E-state index is 10.7. The van der Waals surface area contributed by atoms with Gasteiger partial charge in [-0.25, -0.2) is 4.98 Å². The maximum atomic E-state index is 10.7. The van der Waals surface area contributed by atoms with Crippen molar-refractivity contribution in [3.8, 4) is 6.07 Å². The van der Waals surface area contributed by atoms with Crippen molar-refractivity contribution < 1.29 is 4.92 Å². The summed E-state index contributed by atoms with van der Waals surface area (Å²) in [7, 11) is 0. The molecule has 0 bridgehead atoms. The second kappa shape index (κ2) is 5.63. The molecule has 0 aliphatic carbocycles. The van der Waals surface area contributed by atoms with Gasteiger partial charge in [0.2, 0.25) is 0 Å². The average Bonchev–Trinajstić information content (AvgIpc) is 2.40. The molecule has 0 atom stereocenters. The van der Waals surface area contributed by atoms with Crippen LogP contribution < -0.4 is 4.90 Å². The monoisotopic (exact) mass is 261 g/mol. The number of piperazine rings is 1.